The molecule has 6 rings (SSSR count). The van der Waals surface area contributed by atoms with Crippen LogP contribution in [0.3, 0.4) is 0 Å². The van der Waals surface area contributed by atoms with Gasteiger partial charge in [0.2, 0.25) is 0 Å². The van der Waals surface area contributed by atoms with Crippen LogP contribution in [-0.4, -0.2) is 44.7 Å². The third kappa shape index (κ3) is 3.26. The number of anilines is 1. The minimum absolute atomic E-state index is 0.0185. The molecular formula is C24H24FN5O2. The minimum atomic E-state index is -0.804. The van der Waals surface area contributed by atoms with Crippen molar-refractivity contribution in [1.29, 1.82) is 0 Å². The van der Waals surface area contributed by atoms with Crippen molar-refractivity contribution in [2.45, 2.75) is 44.7 Å². The molecule has 4 aromatic rings. The third-order valence-corrected chi connectivity index (χ3v) is 6.58. The van der Waals surface area contributed by atoms with E-state index in [1.54, 1.807) is 19.1 Å². The lowest BCUT2D eigenvalue weighted by atomic mass is 10.1. The molecule has 32 heavy (non-hydrogen) atoms. The van der Waals surface area contributed by atoms with Crippen LogP contribution >= 0.6 is 0 Å². The number of phenols is 1. The van der Waals surface area contributed by atoms with Gasteiger partial charge in [-0.15, -0.1) is 0 Å². The molecule has 8 heteroatoms. The van der Waals surface area contributed by atoms with E-state index in [2.05, 4.69) is 27.1 Å². The molecule has 4 heterocycles. The number of pyridine rings is 2. The SMILES string of the molecule is Cc1nc2c(F)c(O)c(-c3ccc4nc(N5CCC(NC6(C)CC6)C5)ccc4n3)cc2o1. The number of nitrogens with one attached hydrogen (secondary N) is 1. The Kier molecular flexibility index (Phi) is 4.17. The molecule has 0 bridgehead atoms. The van der Waals surface area contributed by atoms with Crippen molar-refractivity contribution in [3.8, 4) is 17.0 Å². The zero-order chi connectivity index (χ0) is 22.0. The first-order valence-electron chi connectivity index (χ1n) is 11.0. The van der Waals surface area contributed by atoms with Gasteiger partial charge in [-0.1, -0.05) is 0 Å². The zero-order valence-electron chi connectivity index (χ0n) is 18.0. The van der Waals surface area contributed by atoms with E-state index in [-0.39, 0.29) is 16.7 Å². The molecule has 0 radical (unpaired) electrons. The highest BCUT2D eigenvalue weighted by molar-refractivity contribution is 5.87. The lowest BCUT2D eigenvalue weighted by molar-refractivity contribution is 0.437. The van der Waals surface area contributed by atoms with Crippen LogP contribution in [0, 0.1) is 12.7 Å². The lowest BCUT2D eigenvalue weighted by Gasteiger charge is -2.20. The summed E-state index contributed by atoms with van der Waals surface area (Å²) in [5.74, 6) is -0.0156. The largest absolute Gasteiger partial charge is 0.504 e. The number of hydrogen-bond acceptors (Lipinski definition) is 7. The fraction of sp³-hybridized carbons (Fsp3) is 0.375. The Balaban J connectivity index is 1.30. The van der Waals surface area contributed by atoms with Gasteiger partial charge in [-0.2, -0.15) is 0 Å². The zero-order valence-corrected chi connectivity index (χ0v) is 18.0. The first-order valence-corrected chi connectivity index (χ1v) is 11.0. The Morgan fingerprint density at radius 1 is 1.16 bits per heavy atom. The Morgan fingerprint density at radius 3 is 2.75 bits per heavy atom. The van der Waals surface area contributed by atoms with E-state index >= 15 is 0 Å². The Morgan fingerprint density at radius 2 is 1.94 bits per heavy atom. The van der Waals surface area contributed by atoms with Crippen molar-refractivity contribution in [3.63, 3.8) is 0 Å². The van der Waals surface area contributed by atoms with Gasteiger partial charge in [0.05, 0.1) is 16.7 Å². The highest BCUT2D eigenvalue weighted by Crippen LogP contribution is 2.37. The van der Waals surface area contributed by atoms with Gasteiger partial charge < -0.3 is 19.7 Å². The van der Waals surface area contributed by atoms with Crippen LogP contribution in [-0.2, 0) is 0 Å². The van der Waals surface area contributed by atoms with E-state index in [4.69, 9.17) is 9.40 Å². The number of fused-ring (bicyclic) bond motifs is 2. The topological polar surface area (TPSA) is 87.3 Å². The Labute approximate surface area is 184 Å². The van der Waals surface area contributed by atoms with Gasteiger partial charge in [0.25, 0.3) is 0 Å². The summed E-state index contributed by atoms with van der Waals surface area (Å²) in [4.78, 5) is 15.7. The molecule has 2 N–H and O–H groups in total. The maximum Gasteiger partial charge on any atom is 0.195 e. The number of rotatable bonds is 4. The molecule has 7 nitrogen and oxygen atoms in total. The summed E-state index contributed by atoms with van der Waals surface area (Å²) in [7, 11) is 0. The summed E-state index contributed by atoms with van der Waals surface area (Å²) < 4.78 is 20.1. The number of halogens is 1. The summed E-state index contributed by atoms with van der Waals surface area (Å²) >= 11 is 0. The van der Waals surface area contributed by atoms with Crippen molar-refractivity contribution in [2.75, 3.05) is 18.0 Å². The quantitative estimate of drug-likeness (QED) is 0.496. The molecule has 2 aliphatic rings. The summed E-state index contributed by atoms with van der Waals surface area (Å²) in [5, 5.41) is 14.2. The Hall–Kier alpha value is -3.26. The molecule has 1 saturated heterocycles. The monoisotopic (exact) mass is 433 g/mol. The van der Waals surface area contributed by atoms with Gasteiger partial charge in [-0.05, 0) is 56.5 Å². The number of phenolic OH excluding ortho intramolecular Hbond substituents is 1. The third-order valence-electron chi connectivity index (χ3n) is 6.58. The van der Waals surface area contributed by atoms with Crippen LogP contribution in [0.15, 0.2) is 34.7 Å². The van der Waals surface area contributed by atoms with Crippen molar-refractivity contribution in [3.05, 3.63) is 42.0 Å². The van der Waals surface area contributed by atoms with Crippen LogP contribution in [0.5, 0.6) is 5.75 Å². The maximum atomic E-state index is 14.6. The molecule has 0 spiro atoms. The lowest BCUT2D eigenvalue weighted by Crippen LogP contribution is -2.40. The van der Waals surface area contributed by atoms with Crippen molar-refractivity contribution >= 4 is 28.0 Å². The van der Waals surface area contributed by atoms with Crippen LogP contribution < -0.4 is 10.2 Å². The molecule has 1 saturated carbocycles. The van der Waals surface area contributed by atoms with Gasteiger partial charge in [-0.25, -0.2) is 19.3 Å². The first kappa shape index (κ1) is 19.4. The van der Waals surface area contributed by atoms with Crippen LogP contribution in [0.1, 0.15) is 32.1 Å². The number of oxazole rings is 1. The average Bonchev–Trinajstić information content (AvgIpc) is 3.16. The second-order valence-electron chi connectivity index (χ2n) is 9.21. The van der Waals surface area contributed by atoms with Gasteiger partial charge in [-0.3, -0.25) is 0 Å². The smallest absolute Gasteiger partial charge is 0.195 e. The maximum absolute atomic E-state index is 14.6. The minimum Gasteiger partial charge on any atom is -0.504 e. The second kappa shape index (κ2) is 6.87. The van der Waals surface area contributed by atoms with Crippen LogP contribution in [0.25, 0.3) is 33.4 Å². The van der Waals surface area contributed by atoms with E-state index < -0.39 is 11.6 Å². The summed E-state index contributed by atoms with van der Waals surface area (Å²) in [5.41, 5.74) is 2.77. The number of nitrogens with zero attached hydrogens (tertiary/aromatic N) is 4. The highest BCUT2D eigenvalue weighted by Gasteiger charge is 2.40. The van der Waals surface area contributed by atoms with Crippen LogP contribution in [0.2, 0.25) is 0 Å². The number of benzene rings is 1. The van der Waals surface area contributed by atoms with Gasteiger partial charge in [0, 0.05) is 37.2 Å². The fourth-order valence-electron chi connectivity index (χ4n) is 4.56. The second-order valence-corrected chi connectivity index (χ2v) is 9.21. The first-order chi connectivity index (χ1) is 15.4. The van der Waals surface area contributed by atoms with E-state index in [9.17, 15) is 9.50 Å². The number of aryl methyl sites for hydroxylation is 1. The van der Waals surface area contributed by atoms with E-state index in [1.165, 1.54) is 12.8 Å². The van der Waals surface area contributed by atoms with Gasteiger partial charge >= 0.3 is 0 Å². The van der Waals surface area contributed by atoms with Crippen molar-refractivity contribution in [1.82, 2.24) is 20.3 Å². The average molecular weight is 433 g/mol. The molecule has 1 atom stereocenters. The summed E-state index contributed by atoms with van der Waals surface area (Å²) in [6.07, 6.45) is 3.63. The summed E-state index contributed by atoms with van der Waals surface area (Å²) in [6, 6.07) is 9.56. The van der Waals surface area contributed by atoms with E-state index in [1.807, 2.05) is 18.2 Å². The van der Waals surface area contributed by atoms with Crippen LogP contribution in [0.4, 0.5) is 10.2 Å². The summed E-state index contributed by atoms with van der Waals surface area (Å²) in [6.45, 7) is 5.85. The van der Waals surface area contributed by atoms with Gasteiger partial charge in [0.1, 0.15) is 11.3 Å². The normalized spacial score (nSPS) is 19.8. The molecule has 1 aliphatic heterocycles. The predicted octanol–water partition coefficient (Wildman–Crippen LogP) is 4.31. The molecule has 1 aromatic carbocycles. The molecule has 164 valence electrons. The predicted molar refractivity (Wildman–Crippen MR) is 120 cm³/mol. The highest BCUT2D eigenvalue weighted by atomic mass is 19.1. The molecular weight excluding hydrogens is 409 g/mol. The molecule has 0 amide bonds. The fourth-order valence-corrected chi connectivity index (χ4v) is 4.56. The van der Waals surface area contributed by atoms with Crippen molar-refractivity contribution in [2.24, 2.45) is 0 Å². The van der Waals surface area contributed by atoms with E-state index in [0.717, 1.165) is 30.8 Å². The van der Waals surface area contributed by atoms with E-state index in [0.29, 0.717) is 28.7 Å². The number of hydrogen-bond donors (Lipinski definition) is 2. The molecule has 1 unspecified atom stereocenters. The Bertz CT molecular complexity index is 1360. The molecule has 1 aliphatic carbocycles. The van der Waals surface area contributed by atoms with Gasteiger partial charge in [0.15, 0.2) is 23.0 Å². The molecule has 3 aromatic heterocycles. The standard InChI is InChI=1S/C24H24FN5O2/c1-13-26-22-19(32-13)11-15(23(31)21(22)25)16-3-4-18-17(27-16)5-6-20(28-18)30-10-7-14(12-30)29-24(2)8-9-24/h3-6,11,14,29,31H,7-10,12H2,1-2H3. The number of aromatic hydroxyl groups is 1. The van der Waals surface area contributed by atoms with Crippen molar-refractivity contribution < 1.29 is 13.9 Å². The molecule has 2 fully saturated rings. The number of aromatic nitrogens is 3.